The van der Waals surface area contributed by atoms with Crippen LogP contribution in [0, 0.1) is 21.4 Å². The highest BCUT2D eigenvalue weighted by atomic mass is 16.6. The molecule has 2 aromatic rings. The quantitative estimate of drug-likeness (QED) is 0.673. The summed E-state index contributed by atoms with van der Waals surface area (Å²) in [6.07, 6.45) is 0. The lowest BCUT2D eigenvalue weighted by Gasteiger charge is -2.10. The average Bonchev–Trinajstić information content (AvgIpc) is 2.52. The predicted molar refractivity (Wildman–Crippen MR) is 78.1 cm³/mol. The van der Waals surface area contributed by atoms with E-state index in [0.717, 1.165) is 5.56 Å². The zero-order chi connectivity index (χ0) is 15.2. The Labute approximate surface area is 121 Å². The highest BCUT2D eigenvalue weighted by Gasteiger charge is 2.14. The molecule has 0 aliphatic rings. The minimum atomic E-state index is -0.509. The lowest BCUT2D eigenvalue weighted by atomic mass is 10.1. The van der Waals surface area contributed by atoms with Gasteiger partial charge in [-0.15, -0.1) is 0 Å². The molecule has 0 saturated heterocycles. The number of nitro groups is 1. The van der Waals surface area contributed by atoms with Crippen molar-refractivity contribution in [1.82, 2.24) is 0 Å². The van der Waals surface area contributed by atoms with Crippen LogP contribution in [0.1, 0.15) is 11.1 Å². The summed E-state index contributed by atoms with van der Waals surface area (Å²) in [5, 5.41) is 22.9. The molecule has 1 N–H and O–H groups in total. The molecule has 0 aromatic heterocycles. The monoisotopic (exact) mass is 283 g/mol. The summed E-state index contributed by atoms with van der Waals surface area (Å²) in [6.45, 7) is 0.386. The Bertz CT molecular complexity index is 708. The maximum atomic E-state index is 11.1. The van der Waals surface area contributed by atoms with Crippen LogP contribution in [0.25, 0.3) is 0 Å². The number of para-hydroxylation sites is 1. The summed E-state index contributed by atoms with van der Waals surface area (Å²) in [4.78, 5) is 10.5. The zero-order valence-electron chi connectivity index (χ0n) is 11.4. The molecular weight excluding hydrogens is 270 g/mol. The third-order valence-electron chi connectivity index (χ3n) is 2.99. The van der Waals surface area contributed by atoms with Gasteiger partial charge in [-0.25, -0.2) is 0 Å². The van der Waals surface area contributed by atoms with Crippen LogP contribution in [-0.2, 0) is 6.54 Å². The third kappa shape index (κ3) is 3.28. The van der Waals surface area contributed by atoms with Gasteiger partial charge in [-0.3, -0.25) is 10.1 Å². The van der Waals surface area contributed by atoms with E-state index in [2.05, 4.69) is 5.32 Å². The molecule has 0 aliphatic heterocycles. The van der Waals surface area contributed by atoms with Gasteiger partial charge in [0.05, 0.1) is 23.7 Å². The van der Waals surface area contributed by atoms with Gasteiger partial charge in [0.2, 0.25) is 0 Å². The van der Waals surface area contributed by atoms with Gasteiger partial charge in [-0.1, -0.05) is 18.2 Å². The Hall–Kier alpha value is -3.07. The van der Waals surface area contributed by atoms with E-state index in [-0.39, 0.29) is 11.3 Å². The summed E-state index contributed by atoms with van der Waals surface area (Å²) in [7, 11) is 1.57. The molecule has 0 radical (unpaired) electrons. The van der Waals surface area contributed by atoms with Crippen molar-refractivity contribution < 1.29 is 9.66 Å². The highest BCUT2D eigenvalue weighted by molar-refractivity contribution is 5.64. The van der Waals surface area contributed by atoms with Gasteiger partial charge in [-0.2, -0.15) is 5.26 Å². The molecule has 2 rings (SSSR count). The molecule has 2 aromatic carbocycles. The molecule has 106 valence electrons. The summed E-state index contributed by atoms with van der Waals surface area (Å²) in [6, 6.07) is 13.6. The molecule has 0 fully saturated rings. The number of nitrogens with one attached hydrogen (secondary N) is 1. The van der Waals surface area contributed by atoms with E-state index in [4.69, 9.17) is 10.00 Å². The number of benzene rings is 2. The van der Waals surface area contributed by atoms with Crippen LogP contribution in [0.5, 0.6) is 5.75 Å². The zero-order valence-corrected chi connectivity index (χ0v) is 11.4. The van der Waals surface area contributed by atoms with Crippen LogP contribution in [0.2, 0.25) is 0 Å². The minimum absolute atomic E-state index is 0.121. The number of hydrogen-bond acceptors (Lipinski definition) is 5. The van der Waals surface area contributed by atoms with Gasteiger partial charge >= 0.3 is 0 Å². The number of ether oxygens (including phenoxy) is 1. The van der Waals surface area contributed by atoms with Crippen molar-refractivity contribution in [3.8, 4) is 11.8 Å². The molecule has 0 amide bonds. The second-order valence-electron chi connectivity index (χ2n) is 4.27. The molecule has 6 heteroatoms. The summed E-state index contributed by atoms with van der Waals surface area (Å²) in [5.74, 6) is 0.710. The van der Waals surface area contributed by atoms with Gasteiger partial charge in [0, 0.05) is 18.2 Å². The normalized spacial score (nSPS) is 9.71. The predicted octanol–water partition coefficient (Wildman–Crippen LogP) is 3.09. The molecule has 0 heterocycles. The van der Waals surface area contributed by atoms with Crippen LogP contribution in [0.3, 0.4) is 0 Å². The largest absolute Gasteiger partial charge is 0.496 e. The first kappa shape index (κ1) is 14.3. The van der Waals surface area contributed by atoms with Crippen molar-refractivity contribution in [3.63, 3.8) is 0 Å². The third-order valence-corrected chi connectivity index (χ3v) is 2.99. The van der Waals surface area contributed by atoms with Gasteiger partial charge in [0.15, 0.2) is 0 Å². The van der Waals surface area contributed by atoms with Crippen molar-refractivity contribution in [2.24, 2.45) is 0 Å². The van der Waals surface area contributed by atoms with Crippen molar-refractivity contribution in [1.29, 1.82) is 5.26 Å². The van der Waals surface area contributed by atoms with E-state index < -0.39 is 4.92 Å². The Morgan fingerprint density at radius 1 is 1.33 bits per heavy atom. The molecule has 0 spiro atoms. The summed E-state index contributed by atoms with van der Waals surface area (Å²) in [5.41, 5.74) is 1.39. The van der Waals surface area contributed by atoms with Crippen LogP contribution in [0.15, 0.2) is 42.5 Å². The molecule has 0 bridgehead atoms. The Morgan fingerprint density at radius 2 is 2.10 bits per heavy atom. The van der Waals surface area contributed by atoms with Crippen molar-refractivity contribution in [2.75, 3.05) is 12.4 Å². The molecular formula is C15H13N3O3. The van der Waals surface area contributed by atoms with Crippen LogP contribution >= 0.6 is 0 Å². The number of anilines is 1. The summed E-state index contributed by atoms with van der Waals surface area (Å²) >= 11 is 0. The fraction of sp³-hybridized carbons (Fsp3) is 0.133. The average molecular weight is 283 g/mol. The molecule has 0 atom stereocenters. The van der Waals surface area contributed by atoms with Crippen LogP contribution in [0.4, 0.5) is 11.4 Å². The molecule has 6 nitrogen and oxygen atoms in total. The summed E-state index contributed by atoms with van der Waals surface area (Å²) < 4.78 is 5.23. The smallest absolute Gasteiger partial charge is 0.293 e. The van der Waals surface area contributed by atoms with Gasteiger partial charge < -0.3 is 10.1 Å². The van der Waals surface area contributed by atoms with E-state index in [1.165, 1.54) is 18.2 Å². The second-order valence-corrected chi connectivity index (χ2v) is 4.27. The van der Waals surface area contributed by atoms with Crippen molar-refractivity contribution in [3.05, 3.63) is 63.7 Å². The van der Waals surface area contributed by atoms with Gasteiger partial charge in [-0.05, 0) is 18.2 Å². The Morgan fingerprint density at radius 3 is 2.76 bits per heavy atom. The topological polar surface area (TPSA) is 88.2 Å². The van der Waals surface area contributed by atoms with Crippen molar-refractivity contribution in [2.45, 2.75) is 6.54 Å². The van der Waals surface area contributed by atoms with Gasteiger partial charge in [0.1, 0.15) is 11.4 Å². The molecule has 0 saturated carbocycles. The number of rotatable bonds is 5. The molecule has 0 unspecified atom stereocenters. The van der Waals surface area contributed by atoms with Crippen LogP contribution < -0.4 is 10.1 Å². The van der Waals surface area contributed by atoms with Gasteiger partial charge in [0.25, 0.3) is 5.69 Å². The first-order chi connectivity index (χ1) is 10.2. The molecule has 0 aliphatic carbocycles. The van der Waals surface area contributed by atoms with E-state index in [0.29, 0.717) is 18.0 Å². The van der Waals surface area contributed by atoms with E-state index in [1.807, 2.05) is 30.3 Å². The maximum absolute atomic E-state index is 11.1. The first-order valence-corrected chi connectivity index (χ1v) is 6.20. The van der Waals surface area contributed by atoms with E-state index in [1.54, 1.807) is 7.11 Å². The fourth-order valence-corrected chi connectivity index (χ4v) is 1.94. The van der Waals surface area contributed by atoms with Crippen LogP contribution in [-0.4, -0.2) is 12.0 Å². The Kier molecular flexibility index (Phi) is 4.36. The Balaban J connectivity index is 2.24. The SMILES string of the molecule is COc1ccccc1CNc1ccc(C#N)cc1[N+](=O)[O-]. The number of methoxy groups -OCH3 is 1. The van der Waals surface area contributed by atoms with Crippen molar-refractivity contribution >= 4 is 11.4 Å². The maximum Gasteiger partial charge on any atom is 0.293 e. The van der Waals surface area contributed by atoms with E-state index >= 15 is 0 Å². The number of nitro benzene ring substituents is 1. The lowest BCUT2D eigenvalue weighted by molar-refractivity contribution is -0.384. The minimum Gasteiger partial charge on any atom is -0.496 e. The highest BCUT2D eigenvalue weighted by Crippen LogP contribution is 2.27. The second kappa shape index (κ2) is 6.39. The number of nitrogens with zero attached hydrogens (tertiary/aromatic N) is 2. The number of nitriles is 1. The standard InChI is InChI=1S/C15H13N3O3/c1-21-15-5-3-2-4-12(15)10-17-13-7-6-11(9-16)8-14(13)18(19)20/h2-8,17H,10H2,1H3. The lowest BCUT2D eigenvalue weighted by Crippen LogP contribution is -2.04. The first-order valence-electron chi connectivity index (χ1n) is 6.20. The number of hydrogen-bond donors (Lipinski definition) is 1. The fourth-order valence-electron chi connectivity index (χ4n) is 1.94. The van der Waals surface area contributed by atoms with E-state index in [9.17, 15) is 10.1 Å². The molecule has 21 heavy (non-hydrogen) atoms.